The number of nitrogens with zero attached hydrogens (tertiary/aromatic N) is 2. The molecule has 2 amide bonds. The van der Waals surface area contributed by atoms with Crippen LogP contribution in [-0.4, -0.2) is 60.4 Å². The van der Waals surface area contributed by atoms with Crippen LogP contribution < -0.4 is 10.5 Å². The minimum absolute atomic E-state index is 0.0831. The molecule has 0 aliphatic carbocycles. The molecule has 0 saturated carbocycles. The number of carbonyl (C=O) groups is 2. The number of piperazine rings is 1. The number of rotatable bonds is 4. The van der Waals surface area contributed by atoms with E-state index in [9.17, 15) is 18.4 Å². The highest BCUT2D eigenvalue weighted by Gasteiger charge is 2.27. The Morgan fingerprint density at radius 1 is 1.13 bits per heavy atom. The van der Waals surface area contributed by atoms with Crippen LogP contribution in [0.3, 0.4) is 0 Å². The minimum Gasteiger partial charge on any atom is -0.434 e. The van der Waals surface area contributed by atoms with Crippen molar-refractivity contribution in [2.45, 2.75) is 19.6 Å². The smallest absolute Gasteiger partial charge is 0.387 e. The molecule has 0 aromatic heterocycles. The second kappa shape index (κ2) is 7.36. The van der Waals surface area contributed by atoms with Gasteiger partial charge in [-0.15, -0.1) is 0 Å². The topological polar surface area (TPSA) is 75.9 Å². The van der Waals surface area contributed by atoms with E-state index >= 15 is 0 Å². The van der Waals surface area contributed by atoms with Crippen molar-refractivity contribution in [2.24, 2.45) is 5.73 Å². The molecule has 0 spiro atoms. The fraction of sp³-hybridized carbons (Fsp3) is 0.467. The molecule has 1 aliphatic rings. The molecule has 1 heterocycles. The highest BCUT2D eigenvalue weighted by molar-refractivity contribution is 5.97. The summed E-state index contributed by atoms with van der Waals surface area (Å²) in [5, 5.41) is 0. The van der Waals surface area contributed by atoms with E-state index in [4.69, 9.17) is 5.73 Å². The van der Waals surface area contributed by atoms with Gasteiger partial charge in [-0.2, -0.15) is 8.78 Å². The number of alkyl halides is 2. The zero-order valence-electron chi connectivity index (χ0n) is 12.7. The number of hydrogen-bond donors (Lipinski definition) is 1. The standard InChI is InChI=1S/C15H19F2N3O3/c1-10(18)13(21)19-6-8-20(9-7-19)14(22)11-4-2-3-5-12(11)23-15(16)17/h2-5,10,15H,6-9,18H2,1H3. The molecule has 1 aromatic rings. The zero-order valence-corrected chi connectivity index (χ0v) is 12.7. The normalized spacial score (nSPS) is 16.4. The van der Waals surface area contributed by atoms with Gasteiger partial charge in [0.15, 0.2) is 0 Å². The van der Waals surface area contributed by atoms with Crippen LogP contribution in [0.5, 0.6) is 5.75 Å². The molecule has 1 atom stereocenters. The Balaban J connectivity index is 2.04. The van der Waals surface area contributed by atoms with Crippen LogP contribution in [0, 0.1) is 0 Å². The molecule has 2 rings (SSSR count). The van der Waals surface area contributed by atoms with E-state index in [2.05, 4.69) is 4.74 Å². The van der Waals surface area contributed by atoms with Gasteiger partial charge in [0, 0.05) is 26.2 Å². The van der Waals surface area contributed by atoms with E-state index in [1.54, 1.807) is 17.9 Å². The van der Waals surface area contributed by atoms with E-state index in [-0.39, 0.29) is 17.2 Å². The predicted molar refractivity (Wildman–Crippen MR) is 79.2 cm³/mol. The molecule has 6 nitrogen and oxygen atoms in total. The number of para-hydroxylation sites is 1. The van der Waals surface area contributed by atoms with Gasteiger partial charge in [0.05, 0.1) is 11.6 Å². The maximum Gasteiger partial charge on any atom is 0.387 e. The SMILES string of the molecule is CC(N)C(=O)N1CCN(C(=O)c2ccccc2OC(F)F)CC1. The van der Waals surface area contributed by atoms with Gasteiger partial charge in [0.2, 0.25) is 5.91 Å². The van der Waals surface area contributed by atoms with Gasteiger partial charge in [0.1, 0.15) is 5.75 Å². The highest BCUT2D eigenvalue weighted by atomic mass is 19.3. The number of ether oxygens (including phenoxy) is 1. The summed E-state index contributed by atoms with van der Waals surface area (Å²) in [4.78, 5) is 27.4. The van der Waals surface area contributed by atoms with Crippen molar-refractivity contribution in [2.75, 3.05) is 26.2 Å². The van der Waals surface area contributed by atoms with Crippen LogP contribution in [0.15, 0.2) is 24.3 Å². The van der Waals surface area contributed by atoms with Crippen LogP contribution in [0.4, 0.5) is 8.78 Å². The summed E-state index contributed by atoms with van der Waals surface area (Å²) >= 11 is 0. The second-order valence-corrected chi connectivity index (χ2v) is 5.28. The number of amides is 2. The minimum atomic E-state index is -3.00. The molecular weight excluding hydrogens is 308 g/mol. The van der Waals surface area contributed by atoms with Gasteiger partial charge >= 0.3 is 6.61 Å². The molecule has 1 fully saturated rings. The van der Waals surface area contributed by atoms with E-state index in [1.807, 2.05) is 0 Å². The molecule has 1 aliphatic heterocycles. The Hall–Kier alpha value is -2.22. The van der Waals surface area contributed by atoms with Crippen LogP contribution in [0.25, 0.3) is 0 Å². The molecule has 0 radical (unpaired) electrons. The lowest BCUT2D eigenvalue weighted by atomic mass is 10.1. The average Bonchev–Trinajstić information content (AvgIpc) is 2.53. The molecule has 23 heavy (non-hydrogen) atoms. The van der Waals surface area contributed by atoms with Gasteiger partial charge in [-0.25, -0.2) is 0 Å². The summed E-state index contributed by atoms with van der Waals surface area (Å²) < 4.78 is 29.2. The first kappa shape index (κ1) is 17.1. The van der Waals surface area contributed by atoms with Crippen molar-refractivity contribution in [3.8, 4) is 5.75 Å². The first-order chi connectivity index (χ1) is 10.9. The van der Waals surface area contributed by atoms with E-state index in [0.29, 0.717) is 26.2 Å². The fourth-order valence-corrected chi connectivity index (χ4v) is 2.43. The zero-order chi connectivity index (χ0) is 17.0. The van der Waals surface area contributed by atoms with Gasteiger partial charge in [0.25, 0.3) is 5.91 Å². The average molecular weight is 327 g/mol. The van der Waals surface area contributed by atoms with Crippen LogP contribution in [0.2, 0.25) is 0 Å². The lowest BCUT2D eigenvalue weighted by molar-refractivity contribution is -0.133. The third-order valence-electron chi connectivity index (χ3n) is 3.60. The Labute approximate surface area is 132 Å². The van der Waals surface area contributed by atoms with Crippen molar-refractivity contribution >= 4 is 11.8 Å². The summed E-state index contributed by atoms with van der Waals surface area (Å²) in [7, 11) is 0. The Morgan fingerprint density at radius 2 is 1.70 bits per heavy atom. The molecule has 0 bridgehead atoms. The maximum atomic E-state index is 12.5. The molecule has 1 saturated heterocycles. The summed E-state index contributed by atoms with van der Waals surface area (Å²) in [5.74, 6) is -0.714. The molecule has 2 N–H and O–H groups in total. The van der Waals surface area contributed by atoms with Crippen molar-refractivity contribution in [3.05, 3.63) is 29.8 Å². The lowest BCUT2D eigenvalue weighted by Crippen LogP contribution is -2.53. The first-order valence-corrected chi connectivity index (χ1v) is 7.27. The Morgan fingerprint density at radius 3 is 2.26 bits per heavy atom. The monoisotopic (exact) mass is 327 g/mol. The summed E-state index contributed by atoms with van der Waals surface area (Å²) in [6.07, 6.45) is 0. The summed E-state index contributed by atoms with van der Waals surface area (Å²) in [6, 6.07) is 5.29. The third-order valence-corrected chi connectivity index (χ3v) is 3.60. The Kier molecular flexibility index (Phi) is 5.49. The number of halogens is 2. The van der Waals surface area contributed by atoms with E-state index in [0.717, 1.165) is 0 Å². The van der Waals surface area contributed by atoms with Crippen LogP contribution in [0.1, 0.15) is 17.3 Å². The fourth-order valence-electron chi connectivity index (χ4n) is 2.43. The van der Waals surface area contributed by atoms with Crippen molar-refractivity contribution in [1.82, 2.24) is 9.80 Å². The first-order valence-electron chi connectivity index (χ1n) is 7.27. The predicted octanol–water partition coefficient (Wildman–Crippen LogP) is 0.920. The van der Waals surface area contributed by atoms with Crippen LogP contribution >= 0.6 is 0 Å². The largest absolute Gasteiger partial charge is 0.434 e. The highest BCUT2D eigenvalue weighted by Crippen LogP contribution is 2.22. The van der Waals surface area contributed by atoms with Crippen molar-refractivity contribution in [3.63, 3.8) is 0 Å². The van der Waals surface area contributed by atoms with Crippen LogP contribution in [-0.2, 0) is 4.79 Å². The number of benzene rings is 1. The number of nitrogens with two attached hydrogens (primary N) is 1. The number of hydrogen-bond acceptors (Lipinski definition) is 4. The molecular formula is C15H19F2N3O3. The molecule has 126 valence electrons. The molecule has 8 heteroatoms. The van der Waals surface area contributed by atoms with Crippen molar-refractivity contribution in [1.29, 1.82) is 0 Å². The van der Waals surface area contributed by atoms with Gasteiger partial charge in [-0.1, -0.05) is 12.1 Å². The summed E-state index contributed by atoms with van der Waals surface area (Å²) in [5.41, 5.74) is 5.64. The Bertz CT molecular complexity index is 573. The van der Waals surface area contributed by atoms with Gasteiger partial charge < -0.3 is 20.3 Å². The third kappa shape index (κ3) is 4.16. The number of carbonyl (C=O) groups excluding carboxylic acids is 2. The van der Waals surface area contributed by atoms with Crippen molar-refractivity contribution < 1.29 is 23.1 Å². The maximum absolute atomic E-state index is 12.5. The van der Waals surface area contributed by atoms with E-state index < -0.39 is 18.6 Å². The van der Waals surface area contributed by atoms with E-state index in [1.165, 1.54) is 23.1 Å². The second-order valence-electron chi connectivity index (χ2n) is 5.28. The quantitative estimate of drug-likeness (QED) is 0.892. The molecule has 1 aromatic carbocycles. The summed E-state index contributed by atoms with van der Waals surface area (Å²) in [6.45, 7) is -0.0173. The van der Waals surface area contributed by atoms with Gasteiger partial charge in [-0.05, 0) is 19.1 Å². The molecule has 1 unspecified atom stereocenters. The van der Waals surface area contributed by atoms with Gasteiger partial charge in [-0.3, -0.25) is 9.59 Å². The lowest BCUT2D eigenvalue weighted by Gasteiger charge is -2.35.